The molecule has 0 spiro atoms. The summed E-state index contributed by atoms with van der Waals surface area (Å²) in [5, 5.41) is 5.98. The number of anilines is 2. The summed E-state index contributed by atoms with van der Waals surface area (Å²) in [6.45, 7) is 5.97. The second-order valence-corrected chi connectivity index (χ2v) is 6.57. The van der Waals surface area contributed by atoms with E-state index in [2.05, 4.69) is 26.6 Å². The molecular weight excluding hydrogens is 348 g/mol. The van der Waals surface area contributed by atoms with Crippen molar-refractivity contribution < 1.29 is 13.9 Å². The molecule has 0 radical (unpaired) electrons. The average Bonchev–Trinajstić information content (AvgIpc) is 2.81. The van der Waals surface area contributed by atoms with E-state index in [1.54, 1.807) is 6.26 Å². The second-order valence-electron chi connectivity index (χ2n) is 5.72. The fourth-order valence-electron chi connectivity index (χ4n) is 1.79. The van der Waals surface area contributed by atoms with E-state index in [9.17, 15) is 4.79 Å². The maximum absolute atomic E-state index is 11.9. The number of benzene rings is 1. The van der Waals surface area contributed by atoms with E-state index in [1.807, 2.05) is 51.1 Å². The predicted octanol–water partition coefficient (Wildman–Crippen LogP) is 5.00. The summed E-state index contributed by atoms with van der Waals surface area (Å²) in [6.07, 6.45) is 1.13. The first kappa shape index (κ1) is 16.4. The van der Waals surface area contributed by atoms with Crippen molar-refractivity contribution in [1.29, 1.82) is 0 Å². The fraction of sp³-hybridized carbons (Fsp3) is 0.312. The zero-order valence-electron chi connectivity index (χ0n) is 12.8. The van der Waals surface area contributed by atoms with E-state index < -0.39 is 11.7 Å². The molecule has 2 N–H and O–H groups in total. The summed E-state index contributed by atoms with van der Waals surface area (Å²) in [5.41, 5.74) is 0.905. The number of hydrogen-bond donors (Lipinski definition) is 2. The van der Waals surface area contributed by atoms with Crippen LogP contribution >= 0.6 is 15.9 Å². The molecule has 0 saturated carbocycles. The molecule has 0 saturated heterocycles. The van der Waals surface area contributed by atoms with E-state index in [4.69, 9.17) is 9.15 Å². The van der Waals surface area contributed by atoms with Gasteiger partial charge in [0.15, 0.2) is 0 Å². The number of carbonyl (C=O) groups is 1. The molecule has 0 unspecified atom stereocenters. The Bertz CT molecular complexity index is 647. The fourth-order valence-corrected chi connectivity index (χ4v) is 2.13. The summed E-state index contributed by atoms with van der Waals surface area (Å²) >= 11 is 3.41. The molecule has 118 valence electrons. The molecule has 0 aliphatic heterocycles. The summed E-state index contributed by atoms with van der Waals surface area (Å²) in [6, 6.07) is 9.26. The van der Waals surface area contributed by atoms with Gasteiger partial charge in [-0.15, -0.1) is 0 Å². The van der Waals surface area contributed by atoms with E-state index in [0.717, 1.165) is 15.9 Å². The summed E-state index contributed by atoms with van der Waals surface area (Å²) in [5.74, 6) is 0.784. The predicted molar refractivity (Wildman–Crippen MR) is 90.0 cm³/mol. The molecule has 1 amide bonds. The molecule has 0 fully saturated rings. The van der Waals surface area contributed by atoms with E-state index in [-0.39, 0.29) is 0 Å². The Kier molecular flexibility index (Phi) is 5.13. The van der Waals surface area contributed by atoms with Gasteiger partial charge in [0.1, 0.15) is 11.4 Å². The van der Waals surface area contributed by atoms with Crippen LogP contribution in [0.1, 0.15) is 26.5 Å². The molecule has 5 nitrogen and oxygen atoms in total. The van der Waals surface area contributed by atoms with Crippen LogP contribution in [-0.4, -0.2) is 11.7 Å². The van der Waals surface area contributed by atoms with E-state index in [0.29, 0.717) is 12.2 Å². The van der Waals surface area contributed by atoms with Gasteiger partial charge in [-0.3, -0.25) is 5.32 Å². The Hall–Kier alpha value is -1.95. The zero-order valence-corrected chi connectivity index (χ0v) is 14.4. The lowest BCUT2D eigenvalue weighted by atomic mass is 10.2. The van der Waals surface area contributed by atoms with Gasteiger partial charge in [-0.25, -0.2) is 4.79 Å². The largest absolute Gasteiger partial charge is 0.466 e. The van der Waals surface area contributed by atoms with Crippen molar-refractivity contribution in [1.82, 2.24) is 0 Å². The van der Waals surface area contributed by atoms with Crippen molar-refractivity contribution in [3.05, 3.63) is 46.8 Å². The van der Waals surface area contributed by atoms with Crippen molar-refractivity contribution in [2.45, 2.75) is 32.9 Å². The summed E-state index contributed by atoms with van der Waals surface area (Å²) in [4.78, 5) is 11.9. The van der Waals surface area contributed by atoms with Crippen LogP contribution in [0.5, 0.6) is 0 Å². The first-order valence-corrected chi connectivity index (χ1v) is 7.69. The minimum atomic E-state index is -0.536. The maximum atomic E-state index is 11.9. The molecule has 2 rings (SSSR count). The first-order valence-electron chi connectivity index (χ1n) is 6.90. The van der Waals surface area contributed by atoms with Crippen LogP contribution in [0.4, 0.5) is 16.2 Å². The minimum absolute atomic E-state index is 0.485. The van der Waals surface area contributed by atoms with Crippen LogP contribution in [0.3, 0.4) is 0 Å². The van der Waals surface area contributed by atoms with Gasteiger partial charge in [-0.1, -0.05) is 12.1 Å². The third-order valence-electron chi connectivity index (χ3n) is 2.69. The topological polar surface area (TPSA) is 63.5 Å². The Morgan fingerprint density at radius 2 is 1.91 bits per heavy atom. The summed E-state index contributed by atoms with van der Waals surface area (Å²) < 4.78 is 11.5. The minimum Gasteiger partial charge on any atom is -0.466 e. The Morgan fingerprint density at radius 3 is 2.50 bits per heavy atom. The highest BCUT2D eigenvalue weighted by Gasteiger charge is 2.17. The van der Waals surface area contributed by atoms with Gasteiger partial charge in [0, 0.05) is 0 Å². The van der Waals surface area contributed by atoms with Crippen LogP contribution < -0.4 is 10.6 Å². The van der Waals surface area contributed by atoms with E-state index >= 15 is 0 Å². The maximum Gasteiger partial charge on any atom is 0.412 e. The van der Waals surface area contributed by atoms with Gasteiger partial charge in [0.2, 0.25) is 0 Å². The van der Waals surface area contributed by atoms with Gasteiger partial charge >= 0.3 is 6.09 Å². The molecule has 1 heterocycles. The zero-order chi connectivity index (χ0) is 16.2. The lowest BCUT2D eigenvalue weighted by molar-refractivity contribution is 0.0636. The van der Waals surface area contributed by atoms with Crippen molar-refractivity contribution in [2.24, 2.45) is 0 Å². The smallest absolute Gasteiger partial charge is 0.412 e. The molecule has 22 heavy (non-hydrogen) atoms. The number of ether oxygens (including phenoxy) is 1. The molecule has 6 heteroatoms. The highest BCUT2D eigenvalue weighted by molar-refractivity contribution is 9.10. The Balaban J connectivity index is 2.03. The van der Waals surface area contributed by atoms with E-state index in [1.165, 1.54) is 0 Å². The molecule has 1 aromatic carbocycles. The molecular formula is C16H19BrN2O3. The Morgan fingerprint density at radius 1 is 1.23 bits per heavy atom. The van der Waals surface area contributed by atoms with Gasteiger partial charge in [-0.05, 0) is 54.9 Å². The Labute approximate surface area is 138 Å². The number of furan rings is 1. The number of rotatable bonds is 4. The van der Waals surface area contributed by atoms with Crippen molar-refractivity contribution >= 4 is 33.4 Å². The van der Waals surface area contributed by atoms with Gasteiger partial charge in [0.25, 0.3) is 0 Å². The molecule has 0 aliphatic carbocycles. The number of para-hydroxylation sites is 2. The van der Waals surface area contributed by atoms with Crippen molar-refractivity contribution in [3.8, 4) is 0 Å². The van der Waals surface area contributed by atoms with Crippen LogP contribution in [-0.2, 0) is 11.3 Å². The SMILES string of the molecule is CC(C)(C)OC(=O)Nc1ccccc1NCc1occc1Br. The number of halogens is 1. The van der Waals surface area contributed by atoms with Crippen LogP contribution in [0.25, 0.3) is 0 Å². The molecule has 0 aliphatic rings. The van der Waals surface area contributed by atoms with Crippen molar-refractivity contribution in [3.63, 3.8) is 0 Å². The van der Waals surface area contributed by atoms with Gasteiger partial charge in [0.05, 0.1) is 28.7 Å². The molecule has 0 atom stereocenters. The quantitative estimate of drug-likeness (QED) is 0.798. The number of amides is 1. The van der Waals surface area contributed by atoms with Crippen molar-refractivity contribution in [2.75, 3.05) is 10.6 Å². The monoisotopic (exact) mass is 366 g/mol. The van der Waals surface area contributed by atoms with Gasteiger partial charge in [-0.2, -0.15) is 0 Å². The lowest BCUT2D eigenvalue weighted by Crippen LogP contribution is -2.27. The standard InChI is InChI=1S/C16H19BrN2O3/c1-16(2,3)22-15(20)19-13-7-5-4-6-12(13)18-10-14-11(17)8-9-21-14/h4-9,18H,10H2,1-3H3,(H,19,20). The molecule has 2 aromatic rings. The number of carbonyl (C=O) groups excluding carboxylic acids is 1. The number of nitrogens with one attached hydrogen (secondary N) is 2. The lowest BCUT2D eigenvalue weighted by Gasteiger charge is -2.20. The molecule has 1 aromatic heterocycles. The van der Waals surface area contributed by atoms with Gasteiger partial charge < -0.3 is 14.5 Å². The average molecular weight is 367 g/mol. The molecule has 0 bridgehead atoms. The normalized spacial score (nSPS) is 11.1. The van der Waals surface area contributed by atoms with Crippen LogP contribution in [0.15, 0.2) is 45.5 Å². The summed E-state index contributed by atoms with van der Waals surface area (Å²) in [7, 11) is 0. The van der Waals surface area contributed by atoms with Crippen LogP contribution in [0, 0.1) is 0 Å². The van der Waals surface area contributed by atoms with Crippen LogP contribution in [0.2, 0.25) is 0 Å². The third-order valence-corrected chi connectivity index (χ3v) is 3.40. The third kappa shape index (κ3) is 4.80. The number of hydrogen-bond acceptors (Lipinski definition) is 4. The second kappa shape index (κ2) is 6.87. The highest BCUT2D eigenvalue weighted by Crippen LogP contribution is 2.24. The first-order chi connectivity index (χ1) is 10.3. The highest BCUT2D eigenvalue weighted by atomic mass is 79.9.